The number of hydrogen-bond donors (Lipinski definition) is 3. The molecule has 1 aliphatic rings. The van der Waals surface area contributed by atoms with E-state index in [0.29, 0.717) is 18.0 Å². The van der Waals surface area contributed by atoms with E-state index in [9.17, 15) is 9.59 Å². The van der Waals surface area contributed by atoms with Gasteiger partial charge in [-0.1, -0.05) is 0 Å². The van der Waals surface area contributed by atoms with Crippen LogP contribution < -0.4 is 5.32 Å². The first-order valence-electron chi connectivity index (χ1n) is 6.36. The number of thioether (sulfide) groups is 1. The zero-order valence-electron chi connectivity index (χ0n) is 10.9. The van der Waals surface area contributed by atoms with Gasteiger partial charge in [0.05, 0.1) is 5.69 Å². The van der Waals surface area contributed by atoms with Crippen LogP contribution in [0.2, 0.25) is 0 Å². The third kappa shape index (κ3) is 3.76. The fraction of sp³-hybridized carbons (Fsp3) is 0.538. The highest BCUT2D eigenvalue weighted by atomic mass is 32.2. The van der Waals surface area contributed by atoms with E-state index in [-0.39, 0.29) is 11.6 Å². The second-order valence-corrected chi connectivity index (χ2v) is 6.08. The summed E-state index contributed by atoms with van der Waals surface area (Å²) in [4.78, 5) is 25.7. The second kappa shape index (κ2) is 6.14. The lowest BCUT2D eigenvalue weighted by atomic mass is 9.98. The van der Waals surface area contributed by atoms with E-state index in [1.165, 1.54) is 0 Å². The molecule has 0 aromatic carbocycles. The minimum atomic E-state index is -1.06. The molecule has 1 aromatic heterocycles. The Morgan fingerprint density at radius 3 is 2.79 bits per heavy atom. The van der Waals surface area contributed by atoms with E-state index in [1.807, 2.05) is 11.8 Å². The van der Waals surface area contributed by atoms with Gasteiger partial charge in [0.25, 0.3) is 0 Å². The first-order chi connectivity index (χ1) is 9.06. The Morgan fingerprint density at radius 2 is 2.16 bits per heavy atom. The van der Waals surface area contributed by atoms with Gasteiger partial charge in [0.1, 0.15) is 5.69 Å². The van der Waals surface area contributed by atoms with Gasteiger partial charge in [-0.2, -0.15) is 11.8 Å². The third-order valence-electron chi connectivity index (χ3n) is 3.26. The van der Waals surface area contributed by atoms with Gasteiger partial charge in [-0.25, -0.2) is 4.79 Å². The summed E-state index contributed by atoms with van der Waals surface area (Å²) in [6, 6.07) is 1.65. The number of aryl methyl sites for hydroxylation is 1. The van der Waals surface area contributed by atoms with Crippen LogP contribution in [0.25, 0.3) is 0 Å². The second-order valence-electron chi connectivity index (χ2n) is 4.85. The number of carbonyl (C=O) groups excluding carboxylic acids is 1. The number of nitrogens with one attached hydrogen (secondary N) is 2. The van der Waals surface area contributed by atoms with Crippen molar-refractivity contribution in [3.05, 3.63) is 17.5 Å². The van der Waals surface area contributed by atoms with E-state index >= 15 is 0 Å². The van der Waals surface area contributed by atoms with Gasteiger partial charge in [-0.3, -0.25) is 4.79 Å². The number of H-pyrrole nitrogens is 1. The number of aromatic carboxylic acids is 1. The topological polar surface area (TPSA) is 82.2 Å². The summed E-state index contributed by atoms with van der Waals surface area (Å²) in [5, 5.41) is 11.7. The van der Waals surface area contributed by atoms with E-state index in [2.05, 4.69) is 10.3 Å². The van der Waals surface area contributed by atoms with Gasteiger partial charge in [-0.05, 0) is 43.3 Å². The summed E-state index contributed by atoms with van der Waals surface area (Å²) in [7, 11) is 0. The van der Waals surface area contributed by atoms with Crippen LogP contribution in [0.15, 0.2) is 6.07 Å². The zero-order valence-corrected chi connectivity index (χ0v) is 11.7. The molecule has 5 nitrogen and oxygen atoms in total. The summed E-state index contributed by atoms with van der Waals surface area (Å²) in [6.07, 6.45) is 2.61. The van der Waals surface area contributed by atoms with Crippen molar-refractivity contribution in [1.82, 2.24) is 4.98 Å². The van der Waals surface area contributed by atoms with E-state index in [1.54, 1.807) is 13.0 Å². The molecule has 1 fully saturated rings. The van der Waals surface area contributed by atoms with Crippen LogP contribution in [0, 0.1) is 12.8 Å². The maximum absolute atomic E-state index is 11.9. The molecule has 3 N–H and O–H groups in total. The number of carboxylic acid groups (broad SMARTS) is 1. The van der Waals surface area contributed by atoms with Gasteiger partial charge in [-0.15, -0.1) is 0 Å². The molecule has 1 saturated heterocycles. The van der Waals surface area contributed by atoms with Crippen molar-refractivity contribution in [1.29, 1.82) is 0 Å². The first kappa shape index (κ1) is 14.0. The van der Waals surface area contributed by atoms with Crippen LogP contribution in [0.3, 0.4) is 0 Å². The quantitative estimate of drug-likeness (QED) is 0.792. The van der Waals surface area contributed by atoms with Gasteiger partial charge in [0, 0.05) is 12.1 Å². The Hall–Kier alpha value is -1.43. The maximum Gasteiger partial charge on any atom is 0.354 e. The number of carbonyl (C=O) groups is 2. The Labute approximate surface area is 116 Å². The van der Waals surface area contributed by atoms with Crippen LogP contribution in [0.4, 0.5) is 5.69 Å². The lowest BCUT2D eigenvalue weighted by Gasteiger charge is -2.20. The number of anilines is 1. The van der Waals surface area contributed by atoms with Gasteiger partial charge in [0.2, 0.25) is 5.91 Å². The van der Waals surface area contributed by atoms with Crippen LogP contribution in [-0.4, -0.2) is 33.5 Å². The molecule has 0 saturated carbocycles. The van der Waals surface area contributed by atoms with Crippen molar-refractivity contribution in [3.63, 3.8) is 0 Å². The highest BCUT2D eigenvalue weighted by molar-refractivity contribution is 7.99. The normalized spacial score (nSPS) is 16.3. The number of rotatable bonds is 4. The van der Waals surface area contributed by atoms with Crippen molar-refractivity contribution in [2.24, 2.45) is 5.92 Å². The van der Waals surface area contributed by atoms with Gasteiger partial charge >= 0.3 is 5.97 Å². The van der Waals surface area contributed by atoms with Gasteiger partial charge < -0.3 is 15.4 Å². The molecular formula is C13H18N2O3S. The molecule has 6 heteroatoms. The Morgan fingerprint density at radius 1 is 1.47 bits per heavy atom. The molecule has 0 aliphatic carbocycles. The maximum atomic E-state index is 11.9. The Kier molecular flexibility index (Phi) is 4.52. The predicted molar refractivity (Wildman–Crippen MR) is 75.8 cm³/mol. The van der Waals surface area contributed by atoms with Crippen molar-refractivity contribution in [2.75, 3.05) is 16.8 Å². The summed E-state index contributed by atoms with van der Waals surface area (Å²) in [5.41, 5.74) is 1.13. The number of amides is 1. The van der Waals surface area contributed by atoms with Crippen LogP contribution in [0.5, 0.6) is 0 Å². The van der Waals surface area contributed by atoms with E-state index in [4.69, 9.17) is 5.11 Å². The van der Waals surface area contributed by atoms with E-state index in [0.717, 1.165) is 30.0 Å². The number of aromatic amines is 1. The highest BCUT2D eigenvalue weighted by Gasteiger charge is 2.20. The molecular weight excluding hydrogens is 264 g/mol. The summed E-state index contributed by atoms with van der Waals surface area (Å²) < 4.78 is 0. The minimum Gasteiger partial charge on any atom is -0.477 e. The minimum absolute atomic E-state index is 0.0463. The fourth-order valence-electron chi connectivity index (χ4n) is 2.27. The number of aromatic nitrogens is 1. The molecule has 1 amide bonds. The van der Waals surface area contributed by atoms with Crippen molar-refractivity contribution >= 4 is 29.3 Å². The SMILES string of the molecule is Cc1cc(NC(=O)CC2CCSCC2)c(C(=O)O)[nH]1. The van der Waals surface area contributed by atoms with Crippen LogP contribution in [0.1, 0.15) is 35.4 Å². The highest BCUT2D eigenvalue weighted by Crippen LogP contribution is 2.26. The van der Waals surface area contributed by atoms with Gasteiger partial charge in [0.15, 0.2) is 0 Å². The molecule has 1 aromatic rings. The smallest absolute Gasteiger partial charge is 0.354 e. The fourth-order valence-corrected chi connectivity index (χ4v) is 3.47. The molecule has 19 heavy (non-hydrogen) atoms. The Balaban J connectivity index is 1.96. The van der Waals surface area contributed by atoms with Crippen LogP contribution in [-0.2, 0) is 4.79 Å². The number of hydrogen-bond acceptors (Lipinski definition) is 3. The number of carboxylic acids is 1. The molecule has 0 atom stereocenters. The molecule has 1 aliphatic heterocycles. The first-order valence-corrected chi connectivity index (χ1v) is 7.52. The molecule has 0 spiro atoms. The molecule has 2 rings (SSSR count). The third-order valence-corrected chi connectivity index (χ3v) is 4.30. The molecule has 2 heterocycles. The molecule has 0 radical (unpaired) electrons. The molecule has 0 bridgehead atoms. The Bertz CT molecular complexity index is 478. The molecule has 0 unspecified atom stereocenters. The summed E-state index contributed by atoms with van der Waals surface area (Å²) in [6.45, 7) is 1.76. The lowest BCUT2D eigenvalue weighted by molar-refractivity contribution is -0.117. The monoisotopic (exact) mass is 282 g/mol. The standard InChI is InChI=1S/C13H18N2O3S/c1-8-6-10(12(14-8)13(17)18)15-11(16)7-9-2-4-19-5-3-9/h6,9,14H,2-5,7H2,1H3,(H,15,16)(H,17,18). The average Bonchev–Trinajstić information content (AvgIpc) is 2.71. The average molecular weight is 282 g/mol. The largest absolute Gasteiger partial charge is 0.477 e. The molecule has 104 valence electrons. The van der Waals surface area contributed by atoms with E-state index < -0.39 is 5.97 Å². The van der Waals surface area contributed by atoms with Crippen molar-refractivity contribution < 1.29 is 14.7 Å². The van der Waals surface area contributed by atoms with Crippen LogP contribution >= 0.6 is 11.8 Å². The summed E-state index contributed by atoms with van der Waals surface area (Å²) >= 11 is 1.92. The lowest BCUT2D eigenvalue weighted by Crippen LogP contribution is -2.20. The summed E-state index contributed by atoms with van der Waals surface area (Å²) in [5.74, 6) is 1.49. The van der Waals surface area contributed by atoms with Crippen molar-refractivity contribution in [3.8, 4) is 0 Å². The predicted octanol–water partition coefficient (Wildman–Crippen LogP) is 2.49. The zero-order chi connectivity index (χ0) is 13.8. The van der Waals surface area contributed by atoms with Crippen molar-refractivity contribution in [2.45, 2.75) is 26.2 Å².